The van der Waals surface area contributed by atoms with Crippen LogP contribution in [0.25, 0.3) is 0 Å². The molecule has 1 aromatic heterocycles. The molecule has 1 aromatic rings. The Morgan fingerprint density at radius 2 is 2.24 bits per heavy atom. The number of nitrogens with zero attached hydrogens (tertiary/aromatic N) is 1. The molecule has 1 amide bonds. The lowest BCUT2D eigenvalue weighted by molar-refractivity contribution is 0.0949. The lowest BCUT2D eigenvalue weighted by atomic mass is 10.3. The summed E-state index contributed by atoms with van der Waals surface area (Å²) < 4.78 is 0.492. The van der Waals surface area contributed by atoms with Gasteiger partial charge in [-0.3, -0.25) is 4.79 Å². The summed E-state index contributed by atoms with van der Waals surface area (Å²) in [6.45, 7) is 3.92. The Morgan fingerprint density at radius 3 is 2.94 bits per heavy atom. The van der Waals surface area contributed by atoms with E-state index in [0.29, 0.717) is 16.7 Å². The Bertz CT molecular complexity index is 437. The third-order valence-electron chi connectivity index (χ3n) is 2.98. The first-order chi connectivity index (χ1) is 8.27. The highest BCUT2D eigenvalue weighted by molar-refractivity contribution is 7.71. The van der Waals surface area contributed by atoms with Gasteiger partial charge in [-0.1, -0.05) is 12.2 Å². The normalized spacial score (nSPS) is 16.0. The van der Waals surface area contributed by atoms with Crippen molar-refractivity contribution in [3.05, 3.63) is 28.5 Å². The van der Waals surface area contributed by atoms with Crippen molar-refractivity contribution in [2.24, 2.45) is 0 Å². The summed E-state index contributed by atoms with van der Waals surface area (Å²) in [6.07, 6.45) is 4.28. The molecule has 0 unspecified atom stereocenters. The van der Waals surface area contributed by atoms with Crippen molar-refractivity contribution in [3.63, 3.8) is 0 Å². The van der Waals surface area contributed by atoms with Crippen molar-refractivity contribution in [2.75, 3.05) is 26.2 Å². The van der Waals surface area contributed by atoms with E-state index >= 15 is 0 Å². The maximum Gasteiger partial charge on any atom is 0.254 e. The summed E-state index contributed by atoms with van der Waals surface area (Å²) >= 11 is 5.06. The molecule has 5 heteroatoms. The van der Waals surface area contributed by atoms with Crippen LogP contribution in [0.5, 0.6) is 0 Å². The number of amides is 1. The van der Waals surface area contributed by atoms with Crippen LogP contribution in [0.1, 0.15) is 23.2 Å². The number of hydrogen-bond donors (Lipinski definition) is 2. The molecule has 0 bridgehead atoms. The monoisotopic (exact) mass is 251 g/mol. The standard InChI is InChI=1S/C12H17N3OS/c16-11(10-4-3-5-14-12(10)17)13-6-9-15-7-1-2-8-15/h3-5H,1-2,6-9H2,(H,13,16)(H,14,17). The Labute approximate surface area is 106 Å². The largest absolute Gasteiger partial charge is 0.352 e. The van der Waals surface area contributed by atoms with Gasteiger partial charge in [0.15, 0.2) is 0 Å². The number of nitrogens with one attached hydrogen (secondary N) is 2. The van der Waals surface area contributed by atoms with Gasteiger partial charge in [-0.25, -0.2) is 0 Å². The predicted octanol–water partition coefficient (Wildman–Crippen LogP) is 1.57. The van der Waals surface area contributed by atoms with E-state index < -0.39 is 0 Å². The highest BCUT2D eigenvalue weighted by atomic mass is 32.1. The first-order valence-electron chi connectivity index (χ1n) is 5.95. The Kier molecular flexibility index (Phi) is 4.28. The van der Waals surface area contributed by atoms with Crippen LogP contribution in [0.4, 0.5) is 0 Å². The van der Waals surface area contributed by atoms with E-state index in [1.165, 1.54) is 12.8 Å². The molecule has 1 aliphatic heterocycles. The SMILES string of the molecule is O=C(NCCN1CCCC1)c1ccc[nH]c1=S. The lowest BCUT2D eigenvalue weighted by Gasteiger charge is -2.14. The molecule has 1 saturated heterocycles. The van der Waals surface area contributed by atoms with Gasteiger partial charge in [0.1, 0.15) is 4.64 Å². The average Bonchev–Trinajstić information content (AvgIpc) is 2.82. The Balaban J connectivity index is 1.81. The predicted molar refractivity (Wildman–Crippen MR) is 69.6 cm³/mol. The van der Waals surface area contributed by atoms with Crippen LogP contribution in [0.3, 0.4) is 0 Å². The first-order valence-corrected chi connectivity index (χ1v) is 6.36. The number of likely N-dealkylation sites (tertiary alicyclic amines) is 1. The summed E-state index contributed by atoms with van der Waals surface area (Å²) in [5.74, 6) is -0.0916. The number of hydrogen-bond acceptors (Lipinski definition) is 3. The van der Waals surface area contributed by atoms with Gasteiger partial charge in [-0.15, -0.1) is 0 Å². The highest BCUT2D eigenvalue weighted by Crippen LogP contribution is 2.05. The topological polar surface area (TPSA) is 48.1 Å². The highest BCUT2D eigenvalue weighted by Gasteiger charge is 2.12. The number of aromatic amines is 1. The van der Waals surface area contributed by atoms with Gasteiger partial charge in [0.25, 0.3) is 5.91 Å². The van der Waals surface area contributed by atoms with Crippen molar-refractivity contribution < 1.29 is 4.79 Å². The van der Waals surface area contributed by atoms with Crippen molar-refractivity contribution in [1.82, 2.24) is 15.2 Å². The van der Waals surface area contributed by atoms with Crippen molar-refractivity contribution in [1.29, 1.82) is 0 Å². The van der Waals surface area contributed by atoms with Crippen LogP contribution < -0.4 is 5.32 Å². The molecule has 0 atom stereocenters. The zero-order valence-corrected chi connectivity index (χ0v) is 10.6. The van der Waals surface area contributed by atoms with Gasteiger partial charge in [-0.2, -0.15) is 0 Å². The number of carbonyl (C=O) groups is 1. The number of H-pyrrole nitrogens is 1. The molecule has 0 aliphatic carbocycles. The summed E-state index contributed by atoms with van der Waals surface area (Å²) in [5.41, 5.74) is 0.545. The molecule has 2 heterocycles. The van der Waals surface area contributed by atoms with Crippen molar-refractivity contribution in [2.45, 2.75) is 12.8 Å². The van der Waals surface area contributed by atoms with Crippen LogP contribution in [0.2, 0.25) is 0 Å². The smallest absolute Gasteiger partial charge is 0.254 e. The lowest BCUT2D eigenvalue weighted by Crippen LogP contribution is -2.33. The number of carbonyl (C=O) groups excluding carboxylic acids is 1. The van der Waals surface area contributed by atoms with Crippen LogP contribution >= 0.6 is 12.2 Å². The Hall–Kier alpha value is -1.20. The fourth-order valence-corrected chi connectivity index (χ4v) is 2.26. The molecular formula is C12H17N3OS. The van der Waals surface area contributed by atoms with Gasteiger partial charge >= 0.3 is 0 Å². The van der Waals surface area contributed by atoms with Crippen molar-refractivity contribution >= 4 is 18.1 Å². The first kappa shape index (κ1) is 12.3. The van der Waals surface area contributed by atoms with E-state index in [9.17, 15) is 4.79 Å². The minimum atomic E-state index is -0.0916. The molecule has 2 N–H and O–H groups in total. The molecule has 92 valence electrons. The molecule has 2 rings (SSSR count). The van der Waals surface area contributed by atoms with Gasteiger partial charge in [0.2, 0.25) is 0 Å². The molecule has 0 radical (unpaired) electrons. The molecule has 0 spiro atoms. The summed E-state index contributed by atoms with van der Waals surface area (Å²) in [4.78, 5) is 17.0. The molecule has 17 heavy (non-hydrogen) atoms. The van der Waals surface area contributed by atoms with E-state index in [2.05, 4.69) is 15.2 Å². The van der Waals surface area contributed by atoms with Gasteiger partial charge in [0, 0.05) is 19.3 Å². The summed E-state index contributed by atoms with van der Waals surface area (Å²) in [6, 6.07) is 3.52. The Morgan fingerprint density at radius 1 is 1.47 bits per heavy atom. The van der Waals surface area contributed by atoms with E-state index in [-0.39, 0.29) is 5.91 Å². The molecule has 4 nitrogen and oxygen atoms in total. The minimum Gasteiger partial charge on any atom is -0.352 e. The van der Waals surface area contributed by atoms with E-state index in [1.807, 2.05) is 0 Å². The van der Waals surface area contributed by atoms with Crippen LogP contribution in [-0.4, -0.2) is 42.0 Å². The zero-order valence-electron chi connectivity index (χ0n) is 9.74. The molecule has 0 aromatic carbocycles. The maximum absolute atomic E-state index is 11.8. The minimum absolute atomic E-state index is 0.0916. The fourth-order valence-electron chi connectivity index (χ4n) is 2.03. The van der Waals surface area contributed by atoms with Crippen molar-refractivity contribution in [3.8, 4) is 0 Å². The molecule has 1 aliphatic rings. The van der Waals surface area contributed by atoms with Gasteiger partial charge < -0.3 is 15.2 Å². The number of pyridine rings is 1. The van der Waals surface area contributed by atoms with E-state index in [1.54, 1.807) is 18.3 Å². The molecule has 1 fully saturated rings. The van der Waals surface area contributed by atoms with Crippen LogP contribution in [-0.2, 0) is 0 Å². The van der Waals surface area contributed by atoms with Crippen LogP contribution in [0, 0.1) is 4.64 Å². The summed E-state index contributed by atoms with van der Waals surface area (Å²) in [7, 11) is 0. The maximum atomic E-state index is 11.8. The number of aromatic nitrogens is 1. The van der Waals surface area contributed by atoms with Gasteiger partial charge in [0.05, 0.1) is 5.56 Å². The number of rotatable bonds is 4. The third-order valence-corrected chi connectivity index (χ3v) is 3.31. The van der Waals surface area contributed by atoms with Crippen LogP contribution in [0.15, 0.2) is 18.3 Å². The second-order valence-electron chi connectivity index (χ2n) is 4.22. The third kappa shape index (κ3) is 3.38. The zero-order chi connectivity index (χ0) is 12.1. The second-order valence-corrected chi connectivity index (χ2v) is 4.63. The molecule has 0 saturated carbocycles. The van der Waals surface area contributed by atoms with E-state index in [0.717, 1.165) is 19.6 Å². The van der Waals surface area contributed by atoms with E-state index in [4.69, 9.17) is 12.2 Å². The fraction of sp³-hybridized carbons (Fsp3) is 0.500. The summed E-state index contributed by atoms with van der Waals surface area (Å²) in [5, 5.41) is 2.90. The molecular weight excluding hydrogens is 234 g/mol. The quantitative estimate of drug-likeness (QED) is 0.799. The van der Waals surface area contributed by atoms with Gasteiger partial charge in [-0.05, 0) is 38.1 Å². The average molecular weight is 251 g/mol. The second kappa shape index (κ2) is 5.93.